The smallest absolute Gasteiger partial charge is 0.340 e. The summed E-state index contributed by atoms with van der Waals surface area (Å²) < 4.78 is 33.4. The van der Waals surface area contributed by atoms with E-state index in [2.05, 4.69) is 25.6 Å². The van der Waals surface area contributed by atoms with Crippen molar-refractivity contribution in [3.05, 3.63) is 81.5 Å². The molecule has 7 nitrogen and oxygen atoms in total. The third-order valence-electron chi connectivity index (χ3n) is 3.80. The van der Waals surface area contributed by atoms with Crippen molar-refractivity contribution in [1.29, 1.82) is 0 Å². The van der Waals surface area contributed by atoms with Crippen LogP contribution in [0.15, 0.2) is 70.2 Å². The molecule has 29 heavy (non-hydrogen) atoms. The minimum Gasteiger partial charge on any atom is -0.454 e. The second-order valence-corrected chi connectivity index (χ2v) is 8.84. The Morgan fingerprint density at radius 3 is 2.48 bits per heavy atom. The van der Waals surface area contributed by atoms with Gasteiger partial charge in [0.1, 0.15) is 0 Å². The Hall–Kier alpha value is -2.62. The van der Waals surface area contributed by atoms with Gasteiger partial charge in [0.2, 0.25) is 5.78 Å². The van der Waals surface area contributed by atoms with Crippen molar-refractivity contribution in [3.8, 4) is 0 Å². The van der Waals surface area contributed by atoms with Crippen LogP contribution < -0.4 is 4.72 Å². The molecular weight excluding hydrogens is 484 g/mol. The number of Topliss-reactive ketones (excluding diaryl/α,β-unsaturated/α-hetero) is 1. The lowest BCUT2D eigenvalue weighted by molar-refractivity contribution is 0.0473. The lowest BCUT2D eigenvalue weighted by Gasteiger charge is -2.11. The van der Waals surface area contributed by atoms with Gasteiger partial charge in [-0.05, 0) is 54.6 Å². The van der Waals surface area contributed by atoms with E-state index >= 15 is 0 Å². The van der Waals surface area contributed by atoms with Crippen LogP contribution in [0.25, 0.3) is 0 Å². The number of hydrogen-bond acceptors (Lipinski definition) is 5. The fourth-order valence-corrected chi connectivity index (χ4v) is 3.89. The molecule has 0 spiro atoms. The molecule has 2 N–H and O–H groups in total. The average Bonchev–Trinajstić information content (AvgIpc) is 3.22. The van der Waals surface area contributed by atoms with Gasteiger partial charge in [0.25, 0.3) is 10.0 Å². The number of carbonyl (C=O) groups is 2. The quantitative estimate of drug-likeness (QED) is 0.375. The number of aromatic nitrogens is 1. The summed E-state index contributed by atoms with van der Waals surface area (Å²) in [5, 5.41) is 0.00455. The molecule has 1 heterocycles. The summed E-state index contributed by atoms with van der Waals surface area (Å²) in [7, 11) is -3.97. The molecule has 0 aliphatic rings. The Kier molecular flexibility index (Phi) is 6.41. The topological polar surface area (TPSA) is 105 Å². The minimum absolute atomic E-state index is 0.00455. The van der Waals surface area contributed by atoms with Gasteiger partial charge >= 0.3 is 5.97 Å². The van der Waals surface area contributed by atoms with Gasteiger partial charge in [0.15, 0.2) is 6.61 Å². The van der Waals surface area contributed by atoms with Crippen LogP contribution in [0.2, 0.25) is 5.02 Å². The molecule has 0 bridgehead atoms. The Labute approximate surface area is 180 Å². The molecule has 0 aliphatic carbocycles. The largest absolute Gasteiger partial charge is 0.454 e. The van der Waals surface area contributed by atoms with Crippen molar-refractivity contribution in [2.45, 2.75) is 4.90 Å². The molecule has 0 saturated heterocycles. The summed E-state index contributed by atoms with van der Waals surface area (Å²) in [4.78, 5) is 26.8. The highest BCUT2D eigenvalue weighted by Crippen LogP contribution is 2.24. The zero-order chi connectivity index (χ0) is 21.0. The van der Waals surface area contributed by atoms with E-state index in [0.717, 1.165) is 10.5 Å². The van der Waals surface area contributed by atoms with Crippen LogP contribution in [0.1, 0.15) is 20.8 Å². The van der Waals surface area contributed by atoms with Gasteiger partial charge in [-0.25, -0.2) is 13.2 Å². The number of halogens is 2. The Morgan fingerprint density at radius 2 is 1.83 bits per heavy atom. The third-order valence-corrected chi connectivity index (χ3v) is 6.03. The maximum Gasteiger partial charge on any atom is 0.340 e. The number of sulfonamides is 1. The van der Waals surface area contributed by atoms with E-state index in [4.69, 9.17) is 16.3 Å². The van der Waals surface area contributed by atoms with E-state index in [-0.39, 0.29) is 15.5 Å². The van der Waals surface area contributed by atoms with Crippen LogP contribution in [-0.4, -0.2) is 31.8 Å². The van der Waals surface area contributed by atoms with Gasteiger partial charge in [0.05, 0.1) is 21.2 Å². The SMILES string of the molecule is O=C(COC(=O)c1cc(S(=O)(=O)Nc2ccc(Br)cc2)ccc1Cl)c1ccc[nH]1. The second-order valence-electron chi connectivity index (χ2n) is 5.84. The summed E-state index contributed by atoms with van der Waals surface area (Å²) in [5.41, 5.74) is 0.479. The maximum absolute atomic E-state index is 12.6. The molecule has 10 heteroatoms. The summed E-state index contributed by atoms with van der Waals surface area (Å²) >= 11 is 9.29. The van der Waals surface area contributed by atoms with E-state index < -0.39 is 28.4 Å². The van der Waals surface area contributed by atoms with Gasteiger partial charge < -0.3 is 9.72 Å². The highest BCUT2D eigenvalue weighted by molar-refractivity contribution is 9.10. The molecule has 0 radical (unpaired) electrons. The molecule has 2 aromatic carbocycles. The summed E-state index contributed by atoms with van der Waals surface area (Å²) in [5.74, 6) is -1.34. The number of rotatable bonds is 7. The summed E-state index contributed by atoms with van der Waals surface area (Å²) in [6.45, 7) is -0.510. The number of esters is 1. The van der Waals surface area contributed by atoms with E-state index in [9.17, 15) is 18.0 Å². The van der Waals surface area contributed by atoms with E-state index in [1.165, 1.54) is 12.1 Å². The number of nitrogens with one attached hydrogen (secondary N) is 2. The highest BCUT2D eigenvalue weighted by atomic mass is 79.9. The summed E-state index contributed by atoms with van der Waals surface area (Å²) in [6, 6.07) is 13.4. The second kappa shape index (κ2) is 8.81. The van der Waals surface area contributed by atoms with Crippen molar-refractivity contribution < 1.29 is 22.7 Å². The fraction of sp³-hybridized carbons (Fsp3) is 0.0526. The third kappa shape index (κ3) is 5.26. The molecule has 3 aromatic rings. The number of ether oxygens (including phenoxy) is 1. The van der Waals surface area contributed by atoms with Crippen LogP contribution >= 0.6 is 27.5 Å². The molecule has 0 unspecified atom stereocenters. The van der Waals surface area contributed by atoms with Crippen molar-refractivity contribution in [3.63, 3.8) is 0 Å². The number of carbonyl (C=O) groups excluding carboxylic acids is 2. The van der Waals surface area contributed by atoms with Gasteiger partial charge in [-0.2, -0.15) is 0 Å². The first-order valence-corrected chi connectivity index (χ1v) is 10.8. The first-order chi connectivity index (χ1) is 13.8. The van der Waals surface area contributed by atoms with Crippen LogP contribution in [0.3, 0.4) is 0 Å². The van der Waals surface area contributed by atoms with Gasteiger partial charge in [0, 0.05) is 16.4 Å². The lowest BCUT2D eigenvalue weighted by atomic mass is 10.2. The normalized spacial score (nSPS) is 11.1. The number of hydrogen-bond donors (Lipinski definition) is 2. The van der Waals surface area contributed by atoms with E-state index in [1.54, 1.807) is 42.6 Å². The fourth-order valence-electron chi connectivity index (χ4n) is 2.35. The molecule has 1 aromatic heterocycles. The van der Waals surface area contributed by atoms with Gasteiger partial charge in [-0.3, -0.25) is 9.52 Å². The highest BCUT2D eigenvalue weighted by Gasteiger charge is 2.21. The number of benzene rings is 2. The minimum atomic E-state index is -3.97. The van der Waals surface area contributed by atoms with Crippen molar-refractivity contribution in [2.24, 2.45) is 0 Å². The molecule has 0 fully saturated rings. The van der Waals surface area contributed by atoms with Crippen molar-refractivity contribution in [2.75, 3.05) is 11.3 Å². The molecule has 0 atom stereocenters. The van der Waals surface area contributed by atoms with Crippen molar-refractivity contribution in [1.82, 2.24) is 4.98 Å². The monoisotopic (exact) mass is 496 g/mol. The van der Waals surface area contributed by atoms with Crippen LogP contribution in [0, 0.1) is 0 Å². The van der Waals surface area contributed by atoms with Crippen LogP contribution in [-0.2, 0) is 14.8 Å². The Morgan fingerprint density at radius 1 is 1.10 bits per heavy atom. The first-order valence-electron chi connectivity index (χ1n) is 8.18. The standard InChI is InChI=1S/C19H14BrClN2O5S/c20-12-3-5-13(6-4-12)23-29(26,27)14-7-8-16(21)15(10-14)19(25)28-11-18(24)17-2-1-9-22-17/h1-10,22-23H,11H2. The van der Waals surface area contributed by atoms with E-state index in [1.807, 2.05) is 0 Å². The lowest BCUT2D eigenvalue weighted by Crippen LogP contribution is -2.17. The van der Waals surface area contributed by atoms with Crippen LogP contribution in [0.4, 0.5) is 5.69 Å². The summed E-state index contributed by atoms with van der Waals surface area (Å²) in [6.07, 6.45) is 1.57. The Balaban J connectivity index is 1.77. The van der Waals surface area contributed by atoms with Crippen molar-refractivity contribution >= 4 is 55.0 Å². The zero-order valence-electron chi connectivity index (χ0n) is 14.7. The Bertz CT molecular complexity index is 1150. The molecule has 0 aliphatic heterocycles. The average molecular weight is 498 g/mol. The maximum atomic E-state index is 12.6. The first kappa shape index (κ1) is 21.1. The van der Waals surface area contributed by atoms with Gasteiger partial charge in [-0.1, -0.05) is 27.5 Å². The molecule has 0 amide bonds. The molecular formula is C19H14BrClN2O5S. The predicted octanol–water partition coefficient (Wildman–Crippen LogP) is 4.27. The van der Waals surface area contributed by atoms with Gasteiger partial charge in [-0.15, -0.1) is 0 Å². The zero-order valence-corrected chi connectivity index (χ0v) is 17.8. The molecule has 150 valence electrons. The van der Waals surface area contributed by atoms with Crippen LogP contribution in [0.5, 0.6) is 0 Å². The number of H-pyrrole nitrogens is 1. The number of ketones is 1. The molecule has 0 saturated carbocycles. The van der Waals surface area contributed by atoms with E-state index in [0.29, 0.717) is 11.4 Å². The predicted molar refractivity (Wildman–Crippen MR) is 112 cm³/mol. The number of anilines is 1. The molecule has 3 rings (SSSR count). The number of aromatic amines is 1.